The van der Waals surface area contributed by atoms with Crippen LogP contribution in [0.4, 0.5) is 8.78 Å². The van der Waals surface area contributed by atoms with Crippen molar-refractivity contribution in [2.45, 2.75) is 45.6 Å². The lowest BCUT2D eigenvalue weighted by molar-refractivity contribution is 0.00193. The van der Waals surface area contributed by atoms with Crippen LogP contribution in [0.25, 0.3) is 16.9 Å². The summed E-state index contributed by atoms with van der Waals surface area (Å²) in [6.45, 7) is 5.81. The number of hydrogen-bond donors (Lipinski definition) is 0. The van der Waals surface area contributed by atoms with Gasteiger partial charge < -0.3 is 4.74 Å². The Kier molecular flexibility index (Phi) is 5.65. The van der Waals surface area contributed by atoms with E-state index in [-0.39, 0.29) is 34.5 Å². The molecule has 2 atom stereocenters. The van der Waals surface area contributed by atoms with Crippen molar-refractivity contribution in [2.24, 2.45) is 0 Å². The van der Waals surface area contributed by atoms with E-state index in [0.29, 0.717) is 36.4 Å². The van der Waals surface area contributed by atoms with Crippen molar-refractivity contribution >= 4 is 5.65 Å². The van der Waals surface area contributed by atoms with E-state index < -0.39 is 11.6 Å². The fraction of sp³-hybridized carbons (Fsp3) is 0.320. The van der Waals surface area contributed by atoms with E-state index in [4.69, 9.17) is 9.72 Å². The van der Waals surface area contributed by atoms with Gasteiger partial charge >= 0.3 is 0 Å². The van der Waals surface area contributed by atoms with E-state index in [0.717, 1.165) is 17.5 Å². The van der Waals surface area contributed by atoms with Gasteiger partial charge in [-0.2, -0.15) is 0 Å². The number of aryl methyl sites for hydroxylation is 2. The van der Waals surface area contributed by atoms with Crippen LogP contribution in [-0.2, 0) is 4.74 Å². The molecule has 1 saturated heterocycles. The first-order valence-corrected chi connectivity index (χ1v) is 11.1. The van der Waals surface area contributed by atoms with E-state index >= 15 is 0 Å². The minimum Gasteiger partial charge on any atom is -0.372 e. The van der Waals surface area contributed by atoms with Crippen LogP contribution in [0.1, 0.15) is 53.2 Å². The molecular weight excluding hydrogens is 440 g/mol. The van der Waals surface area contributed by atoms with Gasteiger partial charge in [-0.25, -0.2) is 28.7 Å². The smallest absolute Gasteiger partial charge is 0.261 e. The third kappa shape index (κ3) is 3.96. The highest BCUT2D eigenvalue weighted by molar-refractivity contribution is 5.74. The molecule has 2 unspecified atom stereocenters. The maximum atomic E-state index is 14.8. The zero-order valence-corrected chi connectivity index (χ0v) is 19.0. The van der Waals surface area contributed by atoms with Crippen molar-refractivity contribution in [3.8, 4) is 11.3 Å². The summed E-state index contributed by atoms with van der Waals surface area (Å²) in [7, 11) is 0. The third-order valence-electron chi connectivity index (χ3n) is 6.34. The monoisotopic (exact) mass is 463 g/mol. The Hall–Kier alpha value is -3.59. The second-order valence-electron chi connectivity index (χ2n) is 8.62. The molecule has 0 N–H and O–H groups in total. The number of nitrogens with zero attached hydrogens (tertiary/aromatic N) is 5. The van der Waals surface area contributed by atoms with Gasteiger partial charge in [0.15, 0.2) is 5.65 Å². The fourth-order valence-electron chi connectivity index (χ4n) is 4.34. The number of fused-ring (bicyclic) bond motifs is 1. The van der Waals surface area contributed by atoms with Crippen molar-refractivity contribution in [3.63, 3.8) is 0 Å². The van der Waals surface area contributed by atoms with Crippen LogP contribution in [0, 0.1) is 32.4 Å². The molecular formula is C25H23F2N5O2. The summed E-state index contributed by atoms with van der Waals surface area (Å²) in [6, 6.07) is 5.20. The van der Waals surface area contributed by atoms with E-state index in [1.54, 1.807) is 20.0 Å². The van der Waals surface area contributed by atoms with E-state index in [9.17, 15) is 13.6 Å². The Balaban J connectivity index is 1.66. The summed E-state index contributed by atoms with van der Waals surface area (Å²) in [4.78, 5) is 30.9. The summed E-state index contributed by atoms with van der Waals surface area (Å²) < 4.78 is 35.8. The van der Waals surface area contributed by atoms with Crippen molar-refractivity contribution < 1.29 is 13.5 Å². The van der Waals surface area contributed by atoms with Crippen molar-refractivity contribution in [1.29, 1.82) is 0 Å². The normalized spacial score (nSPS) is 18.4. The standard InChI is InChI=1S/C25H23F2N5O2/c1-13-8-20(29-12-28-13)22-9-16(6-7-34-22)21-11-32-24(30-15(3)14(2)25(32)33)23(31-21)18-5-4-17(26)10-19(18)27/h4-5,8,10-12,16,22H,6-7,9H2,1-3H3. The Morgan fingerprint density at radius 2 is 1.88 bits per heavy atom. The molecule has 1 aliphatic rings. The number of rotatable bonds is 3. The molecule has 0 spiro atoms. The Morgan fingerprint density at radius 1 is 1.06 bits per heavy atom. The summed E-state index contributed by atoms with van der Waals surface area (Å²) in [5.74, 6) is -1.51. The summed E-state index contributed by atoms with van der Waals surface area (Å²) >= 11 is 0. The average molecular weight is 463 g/mol. The first-order chi connectivity index (χ1) is 16.3. The maximum Gasteiger partial charge on any atom is 0.261 e. The van der Waals surface area contributed by atoms with E-state index in [1.165, 1.54) is 22.9 Å². The number of benzene rings is 1. The first kappa shape index (κ1) is 22.2. The lowest BCUT2D eigenvalue weighted by Crippen LogP contribution is -2.24. The number of halogens is 2. The number of hydrogen-bond acceptors (Lipinski definition) is 6. The van der Waals surface area contributed by atoms with Gasteiger partial charge in [-0.1, -0.05) is 0 Å². The highest BCUT2D eigenvalue weighted by Crippen LogP contribution is 2.37. The topological polar surface area (TPSA) is 82.3 Å². The highest BCUT2D eigenvalue weighted by Gasteiger charge is 2.29. The third-order valence-corrected chi connectivity index (χ3v) is 6.34. The Labute approximate surface area is 194 Å². The summed E-state index contributed by atoms with van der Waals surface area (Å²) in [5, 5.41) is 0. The summed E-state index contributed by atoms with van der Waals surface area (Å²) in [6.07, 6.45) is 4.21. The second-order valence-corrected chi connectivity index (χ2v) is 8.62. The average Bonchev–Trinajstić information content (AvgIpc) is 2.82. The van der Waals surface area contributed by atoms with Crippen LogP contribution in [0.3, 0.4) is 0 Å². The Bertz CT molecular complexity index is 1470. The molecule has 1 aliphatic heterocycles. The molecule has 0 amide bonds. The molecule has 0 bridgehead atoms. The fourth-order valence-corrected chi connectivity index (χ4v) is 4.34. The lowest BCUT2D eigenvalue weighted by atomic mass is 9.91. The first-order valence-electron chi connectivity index (χ1n) is 11.1. The Morgan fingerprint density at radius 3 is 2.65 bits per heavy atom. The molecule has 0 aliphatic carbocycles. The van der Waals surface area contributed by atoms with Crippen molar-refractivity contribution in [3.05, 3.63) is 87.1 Å². The molecule has 1 aromatic carbocycles. The van der Waals surface area contributed by atoms with Gasteiger partial charge in [0, 0.05) is 47.3 Å². The predicted molar refractivity (Wildman–Crippen MR) is 122 cm³/mol. The number of ether oxygens (including phenoxy) is 1. The van der Waals surface area contributed by atoms with Crippen LogP contribution in [0.2, 0.25) is 0 Å². The van der Waals surface area contributed by atoms with Crippen LogP contribution < -0.4 is 5.56 Å². The van der Waals surface area contributed by atoms with E-state index in [2.05, 4.69) is 15.0 Å². The van der Waals surface area contributed by atoms with Gasteiger partial charge in [-0.05, 0) is 51.8 Å². The number of aromatic nitrogens is 5. The SMILES string of the molecule is Cc1cc(C2CC(c3cn4c(=O)c(C)c(C)nc4c(-c4ccc(F)cc4F)n3)CCO2)ncn1. The van der Waals surface area contributed by atoms with Crippen LogP contribution in [0.15, 0.2) is 41.6 Å². The minimum absolute atomic E-state index is 0.0609. The highest BCUT2D eigenvalue weighted by atomic mass is 19.1. The molecule has 0 radical (unpaired) electrons. The van der Waals surface area contributed by atoms with Gasteiger partial charge in [-0.15, -0.1) is 0 Å². The van der Waals surface area contributed by atoms with Crippen LogP contribution in [-0.4, -0.2) is 30.9 Å². The molecule has 174 valence electrons. The zero-order chi connectivity index (χ0) is 24.0. The van der Waals surface area contributed by atoms with Gasteiger partial charge in [0.25, 0.3) is 5.56 Å². The quantitative estimate of drug-likeness (QED) is 0.448. The van der Waals surface area contributed by atoms with E-state index in [1.807, 2.05) is 13.0 Å². The molecule has 3 aromatic heterocycles. The molecule has 34 heavy (non-hydrogen) atoms. The van der Waals surface area contributed by atoms with Gasteiger partial charge in [0.1, 0.15) is 29.8 Å². The van der Waals surface area contributed by atoms with Crippen LogP contribution in [0.5, 0.6) is 0 Å². The predicted octanol–water partition coefficient (Wildman–Crippen LogP) is 4.39. The van der Waals surface area contributed by atoms with Crippen molar-refractivity contribution in [1.82, 2.24) is 24.3 Å². The molecule has 4 aromatic rings. The molecule has 9 heteroatoms. The van der Waals surface area contributed by atoms with Crippen molar-refractivity contribution in [2.75, 3.05) is 6.61 Å². The molecule has 7 nitrogen and oxygen atoms in total. The molecule has 5 rings (SSSR count). The maximum absolute atomic E-state index is 14.8. The molecule has 1 fully saturated rings. The zero-order valence-electron chi connectivity index (χ0n) is 19.0. The van der Waals surface area contributed by atoms with Crippen LogP contribution >= 0.6 is 0 Å². The lowest BCUT2D eigenvalue weighted by Gasteiger charge is -2.29. The van der Waals surface area contributed by atoms with Gasteiger partial charge in [0.05, 0.1) is 11.4 Å². The van der Waals surface area contributed by atoms with Gasteiger partial charge in [-0.3, -0.25) is 9.20 Å². The summed E-state index contributed by atoms with van der Waals surface area (Å²) in [5.41, 5.74) is 3.57. The minimum atomic E-state index is -0.764. The largest absolute Gasteiger partial charge is 0.372 e. The van der Waals surface area contributed by atoms with Gasteiger partial charge in [0.2, 0.25) is 0 Å². The molecule has 0 saturated carbocycles. The second kappa shape index (κ2) is 8.64. The molecule has 4 heterocycles.